The Balaban J connectivity index is 1.54. The number of hydrogen-bond acceptors (Lipinski definition) is 5. The Kier molecular flexibility index (Phi) is 7.79. The van der Waals surface area contributed by atoms with Crippen LogP contribution in [-0.4, -0.2) is 60.9 Å². The molecule has 2 amide bonds. The molecule has 1 aromatic rings. The summed E-state index contributed by atoms with van der Waals surface area (Å²) in [6.45, 7) is 3.99. The molecule has 1 saturated carbocycles. The van der Waals surface area contributed by atoms with Gasteiger partial charge in [0.1, 0.15) is 5.54 Å². The van der Waals surface area contributed by atoms with E-state index in [1.54, 1.807) is 17.0 Å². The molecule has 0 aromatic heterocycles. The fourth-order valence-electron chi connectivity index (χ4n) is 4.59. The zero-order chi connectivity index (χ0) is 24.2. The van der Waals surface area contributed by atoms with Crippen LogP contribution in [0.15, 0.2) is 29.2 Å². The van der Waals surface area contributed by atoms with Gasteiger partial charge in [-0.1, -0.05) is 37.0 Å². The van der Waals surface area contributed by atoms with Crippen LogP contribution in [0, 0.1) is 12.8 Å². The zero-order valence-electron chi connectivity index (χ0n) is 19.2. The van der Waals surface area contributed by atoms with Crippen molar-refractivity contribution in [3.63, 3.8) is 0 Å². The molecule has 33 heavy (non-hydrogen) atoms. The van der Waals surface area contributed by atoms with Crippen LogP contribution in [-0.2, 0) is 24.4 Å². The van der Waals surface area contributed by atoms with Crippen LogP contribution < -0.4 is 10.0 Å². The Morgan fingerprint density at radius 2 is 1.64 bits per heavy atom. The van der Waals surface area contributed by atoms with Gasteiger partial charge in [0.05, 0.1) is 10.9 Å². The number of hydrogen-bond donors (Lipinski definition) is 3. The van der Waals surface area contributed by atoms with Gasteiger partial charge in [0.2, 0.25) is 21.8 Å². The van der Waals surface area contributed by atoms with E-state index in [-0.39, 0.29) is 22.6 Å². The predicted molar refractivity (Wildman–Crippen MR) is 122 cm³/mol. The Labute approximate surface area is 195 Å². The normalized spacial score (nSPS) is 20.1. The molecule has 1 aromatic carbocycles. The van der Waals surface area contributed by atoms with Crippen molar-refractivity contribution < 1.29 is 27.9 Å². The van der Waals surface area contributed by atoms with Gasteiger partial charge in [0, 0.05) is 19.0 Å². The van der Waals surface area contributed by atoms with E-state index in [9.17, 15) is 27.9 Å². The molecule has 0 spiro atoms. The highest BCUT2D eigenvalue weighted by Crippen LogP contribution is 2.30. The molecule has 2 aliphatic rings. The second-order valence-electron chi connectivity index (χ2n) is 9.19. The number of carboxylic acids is 1. The van der Waals surface area contributed by atoms with Crippen molar-refractivity contribution in [2.45, 2.75) is 75.3 Å². The number of amides is 2. The molecule has 3 N–H and O–H groups in total. The fourth-order valence-corrected chi connectivity index (χ4v) is 5.79. The highest BCUT2D eigenvalue weighted by atomic mass is 32.2. The molecule has 1 saturated heterocycles. The molecule has 1 heterocycles. The molecule has 1 aliphatic heterocycles. The standard InChI is InChI=1S/C23H33N3O6S/c1-16-6-8-19(9-7-16)33(31,32)25-17(2)21(28)26-14-10-18(11-15-26)20(27)24-23(22(29)30)12-4-3-5-13-23/h6-9,17-18,25H,3-5,10-15H2,1-2H3,(H,24,27)(H,29,30). The van der Waals surface area contributed by atoms with Crippen molar-refractivity contribution in [1.82, 2.24) is 14.9 Å². The summed E-state index contributed by atoms with van der Waals surface area (Å²) >= 11 is 0. The molecular formula is C23H33N3O6S. The van der Waals surface area contributed by atoms with E-state index in [2.05, 4.69) is 10.0 Å². The number of piperidine rings is 1. The summed E-state index contributed by atoms with van der Waals surface area (Å²) in [5.41, 5.74) is -0.256. The largest absolute Gasteiger partial charge is 0.480 e. The molecule has 1 aliphatic carbocycles. The van der Waals surface area contributed by atoms with E-state index in [0.29, 0.717) is 38.8 Å². The summed E-state index contributed by atoms with van der Waals surface area (Å²) in [6.07, 6.45) is 4.20. The van der Waals surface area contributed by atoms with E-state index in [4.69, 9.17) is 0 Å². The summed E-state index contributed by atoms with van der Waals surface area (Å²) in [6, 6.07) is 5.43. The molecule has 3 rings (SSSR count). The van der Waals surface area contributed by atoms with E-state index < -0.39 is 27.6 Å². The second-order valence-corrected chi connectivity index (χ2v) is 10.9. The van der Waals surface area contributed by atoms with E-state index >= 15 is 0 Å². The maximum absolute atomic E-state index is 12.8. The van der Waals surface area contributed by atoms with Gasteiger partial charge < -0.3 is 15.3 Å². The van der Waals surface area contributed by atoms with Crippen molar-refractivity contribution in [1.29, 1.82) is 0 Å². The van der Waals surface area contributed by atoms with Crippen molar-refractivity contribution >= 4 is 27.8 Å². The van der Waals surface area contributed by atoms with Crippen LogP contribution in [0.3, 0.4) is 0 Å². The Bertz CT molecular complexity index is 978. The van der Waals surface area contributed by atoms with Gasteiger partial charge in [-0.25, -0.2) is 13.2 Å². The monoisotopic (exact) mass is 479 g/mol. The van der Waals surface area contributed by atoms with Gasteiger partial charge in [-0.2, -0.15) is 4.72 Å². The van der Waals surface area contributed by atoms with Crippen molar-refractivity contribution in [2.75, 3.05) is 13.1 Å². The zero-order valence-corrected chi connectivity index (χ0v) is 20.0. The minimum absolute atomic E-state index is 0.0956. The summed E-state index contributed by atoms with van der Waals surface area (Å²) in [7, 11) is -3.83. The number of nitrogens with zero attached hydrogens (tertiary/aromatic N) is 1. The SMILES string of the molecule is Cc1ccc(S(=O)(=O)NC(C)C(=O)N2CCC(C(=O)NC3(C(=O)O)CCCCC3)CC2)cc1. The molecule has 9 nitrogen and oxygen atoms in total. The van der Waals surface area contributed by atoms with Crippen molar-refractivity contribution in [3.05, 3.63) is 29.8 Å². The molecule has 2 fully saturated rings. The van der Waals surface area contributed by atoms with Gasteiger partial charge in [-0.15, -0.1) is 0 Å². The lowest BCUT2D eigenvalue weighted by Gasteiger charge is -2.37. The third kappa shape index (κ3) is 5.92. The predicted octanol–water partition coefficient (Wildman–Crippen LogP) is 1.80. The average Bonchev–Trinajstić information content (AvgIpc) is 2.79. The van der Waals surface area contributed by atoms with Gasteiger partial charge in [-0.05, 0) is 51.7 Å². The first-order valence-corrected chi connectivity index (χ1v) is 13.0. The number of nitrogens with one attached hydrogen (secondary N) is 2. The van der Waals surface area contributed by atoms with E-state index in [1.165, 1.54) is 19.1 Å². The number of carboxylic acid groups (broad SMARTS) is 1. The van der Waals surface area contributed by atoms with Crippen LogP contribution in [0.4, 0.5) is 0 Å². The quantitative estimate of drug-likeness (QED) is 0.546. The lowest BCUT2D eigenvalue weighted by atomic mass is 9.81. The number of aryl methyl sites for hydroxylation is 1. The number of rotatable bonds is 7. The van der Waals surface area contributed by atoms with Gasteiger partial charge in [0.15, 0.2) is 0 Å². The summed E-state index contributed by atoms with van der Waals surface area (Å²) in [5.74, 6) is -1.98. The second kappa shape index (κ2) is 10.2. The number of benzene rings is 1. The Hall–Kier alpha value is -2.46. The maximum Gasteiger partial charge on any atom is 0.329 e. The topological polar surface area (TPSA) is 133 Å². The lowest BCUT2D eigenvalue weighted by Crippen LogP contribution is -2.58. The van der Waals surface area contributed by atoms with Crippen LogP contribution >= 0.6 is 0 Å². The van der Waals surface area contributed by atoms with Crippen LogP contribution in [0.5, 0.6) is 0 Å². The first-order chi connectivity index (χ1) is 15.5. The third-order valence-electron chi connectivity index (χ3n) is 6.69. The molecule has 10 heteroatoms. The van der Waals surface area contributed by atoms with Gasteiger partial charge in [-0.3, -0.25) is 9.59 Å². The van der Waals surface area contributed by atoms with Crippen LogP contribution in [0.1, 0.15) is 57.4 Å². The Morgan fingerprint density at radius 1 is 1.06 bits per heavy atom. The molecule has 1 unspecified atom stereocenters. The lowest BCUT2D eigenvalue weighted by molar-refractivity contribution is -0.150. The van der Waals surface area contributed by atoms with Crippen LogP contribution in [0.2, 0.25) is 0 Å². The number of likely N-dealkylation sites (tertiary alicyclic amines) is 1. The van der Waals surface area contributed by atoms with E-state index in [0.717, 1.165) is 24.8 Å². The van der Waals surface area contributed by atoms with Crippen molar-refractivity contribution in [2.24, 2.45) is 5.92 Å². The third-order valence-corrected chi connectivity index (χ3v) is 8.25. The number of aliphatic carboxylic acids is 1. The fraction of sp³-hybridized carbons (Fsp3) is 0.609. The minimum atomic E-state index is -3.83. The molecular weight excluding hydrogens is 446 g/mol. The van der Waals surface area contributed by atoms with Gasteiger partial charge in [0.25, 0.3) is 0 Å². The van der Waals surface area contributed by atoms with E-state index in [1.807, 2.05) is 6.92 Å². The van der Waals surface area contributed by atoms with Gasteiger partial charge >= 0.3 is 5.97 Å². The molecule has 0 bridgehead atoms. The average molecular weight is 480 g/mol. The highest BCUT2D eigenvalue weighted by molar-refractivity contribution is 7.89. The molecule has 0 radical (unpaired) electrons. The number of carbonyl (C=O) groups is 3. The first-order valence-electron chi connectivity index (χ1n) is 11.5. The van der Waals surface area contributed by atoms with Crippen LogP contribution in [0.25, 0.3) is 0 Å². The minimum Gasteiger partial charge on any atom is -0.480 e. The number of sulfonamides is 1. The first kappa shape index (κ1) is 25.2. The smallest absolute Gasteiger partial charge is 0.329 e. The highest BCUT2D eigenvalue weighted by Gasteiger charge is 2.42. The summed E-state index contributed by atoms with van der Waals surface area (Å²) in [4.78, 5) is 39.1. The molecule has 1 atom stereocenters. The summed E-state index contributed by atoms with van der Waals surface area (Å²) < 4.78 is 27.6. The molecule has 182 valence electrons. The maximum atomic E-state index is 12.8. The Morgan fingerprint density at radius 3 is 2.18 bits per heavy atom. The number of carbonyl (C=O) groups excluding carboxylic acids is 2. The summed E-state index contributed by atoms with van der Waals surface area (Å²) in [5, 5.41) is 12.5. The van der Waals surface area contributed by atoms with Crippen molar-refractivity contribution in [3.8, 4) is 0 Å².